The Hall–Kier alpha value is -2.97. The Morgan fingerprint density at radius 2 is 1.88 bits per heavy atom. The van der Waals surface area contributed by atoms with Crippen molar-refractivity contribution in [3.05, 3.63) is 53.6 Å². The average Bonchev–Trinajstić information content (AvgIpc) is 3.11. The monoisotopic (exact) mass is 466 g/mol. The Labute approximate surface area is 198 Å². The van der Waals surface area contributed by atoms with Crippen LogP contribution in [0.25, 0.3) is 0 Å². The fourth-order valence-electron chi connectivity index (χ4n) is 6.15. The van der Waals surface area contributed by atoms with Gasteiger partial charge in [0.1, 0.15) is 24.2 Å². The SMILES string of the molecule is CC[C@@H](CO)N1C(=O)[C@@H]2[C@@H]3C(=O)OCC=C[C@@H]3O[C@@]23C=CCN(c2c(C)cccc2C)C(=O)C13. The lowest BCUT2D eigenvalue weighted by Gasteiger charge is -2.38. The molecule has 4 aliphatic rings. The summed E-state index contributed by atoms with van der Waals surface area (Å²) in [4.78, 5) is 44.4. The summed E-state index contributed by atoms with van der Waals surface area (Å²) in [7, 11) is 0. The van der Waals surface area contributed by atoms with E-state index in [0.717, 1.165) is 16.8 Å². The van der Waals surface area contributed by atoms with Gasteiger partial charge in [-0.1, -0.05) is 43.4 Å². The molecular weight excluding hydrogens is 436 g/mol. The molecule has 6 atom stereocenters. The number of aryl methyl sites for hydroxylation is 2. The van der Waals surface area contributed by atoms with Crippen LogP contribution in [-0.2, 0) is 23.9 Å². The number of fused-ring (bicyclic) bond motifs is 2. The van der Waals surface area contributed by atoms with E-state index in [0.29, 0.717) is 13.0 Å². The minimum absolute atomic E-state index is 0.125. The van der Waals surface area contributed by atoms with Crippen LogP contribution in [0.15, 0.2) is 42.5 Å². The molecule has 1 N–H and O–H groups in total. The van der Waals surface area contributed by atoms with Gasteiger partial charge in [-0.05, 0) is 37.5 Å². The van der Waals surface area contributed by atoms with Crippen molar-refractivity contribution in [2.24, 2.45) is 11.8 Å². The smallest absolute Gasteiger partial charge is 0.313 e. The summed E-state index contributed by atoms with van der Waals surface area (Å²) in [6.07, 6.45) is 6.92. The van der Waals surface area contributed by atoms with Crippen LogP contribution >= 0.6 is 0 Å². The fourth-order valence-corrected chi connectivity index (χ4v) is 6.15. The van der Waals surface area contributed by atoms with Crippen LogP contribution in [-0.4, -0.2) is 71.3 Å². The Balaban J connectivity index is 1.68. The van der Waals surface area contributed by atoms with Gasteiger partial charge >= 0.3 is 5.97 Å². The zero-order valence-corrected chi connectivity index (χ0v) is 19.6. The van der Waals surface area contributed by atoms with E-state index in [4.69, 9.17) is 9.47 Å². The maximum absolute atomic E-state index is 14.3. The number of hydrogen-bond donors (Lipinski definition) is 1. The van der Waals surface area contributed by atoms with Gasteiger partial charge in [-0.2, -0.15) is 0 Å². The van der Waals surface area contributed by atoms with Gasteiger partial charge < -0.3 is 24.4 Å². The maximum atomic E-state index is 14.3. The number of hydrogen-bond acceptors (Lipinski definition) is 6. The fraction of sp³-hybridized carbons (Fsp3) is 0.500. The predicted molar refractivity (Wildman–Crippen MR) is 124 cm³/mol. The maximum Gasteiger partial charge on any atom is 0.313 e. The van der Waals surface area contributed by atoms with Crippen molar-refractivity contribution in [1.82, 2.24) is 4.90 Å². The zero-order chi connectivity index (χ0) is 24.2. The van der Waals surface area contributed by atoms with Gasteiger partial charge in [0.2, 0.25) is 5.91 Å². The molecule has 34 heavy (non-hydrogen) atoms. The summed E-state index contributed by atoms with van der Waals surface area (Å²) in [6.45, 7) is 5.91. The van der Waals surface area contributed by atoms with E-state index < -0.39 is 41.6 Å². The van der Waals surface area contributed by atoms with Crippen LogP contribution in [0.2, 0.25) is 0 Å². The van der Waals surface area contributed by atoms with E-state index in [-0.39, 0.29) is 25.0 Å². The van der Waals surface area contributed by atoms with E-state index in [9.17, 15) is 19.5 Å². The van der Waals surface area contributed by atoms with Gasteiger partial charge in [-0.3, -0.25) is 14.4 Å². The van der Waals surface area contributed by atoms with E-state index in [2.05, 4.69) is 0 Å². The topological polar surface area (TPSA) is 96.4 Å². The van der Waals surface area contributed by atoms with Crippen LogP contribution in [0.5, 0.6) is 0 Å². The summed E-state index contributed by atoms with van der Waals surface area (Å²) in [5.41, 5.74) is 1.37. The number of cyclic esters (lactones) is 1. The highest BCUT2D eigenvalue weighted by atomic mass is 16.6. The van der Waals surface area contributed by atoms with E-state index in [1.54, 1.807) is 23.1 Å². The number of rotatable bonds is 4. The number of anilines is 1. The Kier molecular flexibility index (Phi) is 5.61. The van der Waals surface area contributed by atoms with Crippen molar-refractivity contribution >= 4 is 23.5 Å². The van der Waals surface area contributed by atoms with Gasteiger partial charge in [0, 0.05) is 12.2 Å². The van der Waals surface area contributed by atoms with Gasteiger partial charge in [0.15, 0.2) is 0 Å². The number of ether oxygens (including phenoxy) is 2. The Bertz CT molecular complexity index is 1070. The molecule has 0 radical (unpaired) electrons. The molecule has 8 heteroatoms. The summed E-state index contributed by atoms with van der Waals surface area (Å²) in [5, 5.41) is 10.1. The normalized spacial score (nSPS) is 33.2. The van der Waals surface area contributed by atoms with E-state index in [1.165, 1.54) is 4.90 Å². The lowest BCUT2D eigenvalue weighted by molar-refractivity contribution is -0.153. The Morgan fingerprint density at radius 3 is 2.56 bits per heavy atom. The third-order valence-corrected chi connectivity index (χ3v) is 7.64. The van der Waals surface area contributed by atoms with Crippen LogP contribution < -0.4 is 4.90 Å². The molecule has 180 valence electrons. The minimum atomic E-state index is -1.32. The van der Waals surface area contributed by atoms with E-state index >= 15 is 0 Å². The molecule has 4 heterocycles. The molecule has 2 fully saturated rings. The molecule has 2 amide bonds. The first kappa shape index (κ1) is 22.8. The number of esters is 1. The third kappa shape index (κ3) is 3.08. The lowest BCUT2D eigenvalue weighted by Crippen LogP contribution is -2.58. The second-order valence-corrected chi connectivity index (χ2v) is 9.48. The number of likely N-dealkylation sites (tertiary alicyclic amines) is 1. The van der Waals surface area contributed by atoms with Crippen LogP contribution in [0, 0.1) is 25.7 Å². The highest BCUT2D eigenvalue weighted by Crippen LogP contribution is 2.54. The molecule has 0 saturated carbocycles. The van der Waals surface area contributed by atoms with Crippen molar-refractivity contribution < 1.29 is 29.0 Å². The first-order chi connectivity index (χ1) is 16.4. The summed E-state index contributed by atoms with van der Waals surface area (Å²) < 4.78 is 11.8. The van der Waals surface area contributed by atoms with Crippen molar-refractivity contribution in [1.29, 1.82) is 0 Å². The highest BCUT2D eigenvalue weighted by Gasteiger charge is 2.72. The number of amides is 2. The molecule has 2 saturated heterocycles. The number of aliphatic hydroxyl groups excluding tert-OH is 1. The van der Waals surface area contributed by atoms with Gasteiger partial charge in [-0.25, -0.2) is 0 Å². The zero-order valence-electron chi connectivity index (χ0n) is 19.6. The summed E-state index contributed by atoms with van der Waals surface area (Å²) in [6, 6.07) is 4.27. The second-order valence-electron chi connectivity index (χ2n) is 9.48. The highest BCUT2D eigenvalue weighted by molar-refractivity contribution is 6.06. The quantitative estimate of drug-likeness (QED) is 0.536. The predicted octanol–water partition coefficient (Wildman–Crippen LogP) is 1.67. The number of aliphatic hydroxyl groups is 1. The van der Waals surface area contributed by atoms with Crippen LogP contribution in [0.1, 0.15) is 24.5 Å². The molecule has 1 spiro atoms. The average molecular weight is 467 g/mol. The molecular formula is C26H30N2O6. The second kappa shape index (κ2) is 8.36. The van der Waals surface area contributed by atoms with Crippen molar-refractivity contribution in [3.8, 4) is 0 Å². The summed E-state index contributed by atoms with van der Waals surface area (Å²) >= 11 is 0. The third-order valence-electron chi connectivity index (χ3n) is 7.64. The standard InChI is InChI=1S/C26H30N2O6/c1-4-17(14-29)28-22-24(31)27(21-15(2)8-5-9-16(21)3)12-7-11-26(22)20(23(28)30)19-18(34-26)10-6-13-33-25(19)32/h5-11,17-20,22,29H,4,12-14H2,1-3H3/t17-,18-,19+,20-,22?,26-/m0/s1. The molecule has 4 aliphatic heterocycles. The van der Waals surface area contributed by atoms with Crippen molar-refractivity contribution in [3.63, 3.8) is 0 Å². The van der Waals surface area contributed by atoms with Gasteiger partial charge in [-0.15, -0.1) is 0 Å². The minimum Gasteiger partial charge on any atom is -0.461 e. The molecule has 0 bridgehead atoms. The van der Waals surface area contributed by atoms with Gasteiger partial charge in [0.25, 0.3) is 5.91 Å². The number of nitrogens with zero attached hydrogens (tertiary/aromatic N) is 2. The number of benzene rings is 1. The molecule has 1 unspecified atom stereocenters. The van der Waals surface area contributed by atoms with Crippen LogP contribution in [0.3, 0.4) is 0 Å². The number of carbonyl (C=O) groups is 3. The molecule has 5 rings (SSSR count). The number of carbonyl (C=O) groups excluding carboxylic acids is 3. The first-order valence-corrected chi connectivity index (χ1v) is 11.8. The lowest BCUT2D eigenvalue weighted by atomic mass is 9.78. The van der Waals surface area contributed by atoms with Crippen molar-refractivity contribution in [2.75, 3.05) is 24.7 Å². The molecule has 1 aromatic rings. The van der Waals surface area contributed by atoms with Crippen LogP contribution in [0.4, 0.5) is 5.69 Å². The number of para-hydroxylation sites is 1. The van der Waals surface area contributed by atoms with Gasteiger partial charge in [0.05, 0.1) is 24.7 Å². The molecule has 0 aromatic heterocycles. The molecule has 0 aliphatic carbocycles. The Morgan fingerprint density at radius 1 is 1.15 bits per heavy atom. The molecule has 8 nitrogen and oxygen atoms in total. The van der Waals surface area contributed by atoms with E-state index in [1.807, 2.05) is 45.0 Å². The van der Waals surface area contributed by atoms with Crippen molar-refractivity contribution in [2.45, 2.75) is 51.0 Å². The summed E-state index contributed by atoms with van der Waals surface area (Å²) in [5.74, 6) is -2.89. The first-order valence-electron chi connectivity index (χ1n) is 11.8. The largest absolute Gasteiger partial charge is 0.461 e. The molecule has 1 aromatic carbocycles.